The zero-order chi connectivity index (χ0) is 19.4. The highest BCUT2D eigenvalue weighted by atomic mass is 16.4. The minimum Gasteiger partial charge on any atom is -0.480 e. The van der Waals surface area contributed by atoms with Crippen LogP contribution >= 0.6 is 0 Å². The molecule has 2 atom stereocenters. The lowest BCUT2D eigenvalue weighted by atomic mass is 10.0. The van der Waals surface area contributed by atoms with Gasteiger partial charge in [-0.1, -0.05) is 13.8 Å². The third-order valence-electron chi connectivity index (χ3n) is 3.46. The van der Waals surface area contributed by atoms with Crippen LogP contribution in [0.4, 0.5) is 0 Å². The number of nitrogens with one attached hydrogen (secondary N) is 3. The van der Waals surface area contributed by atoms with Crippen LogP contribution in [0.15, 0.2) is 0 Å². The third-order valence-corrected chi connectivity index (χ3v) is 3.46. The fourth-order valence-corrected chi connectivity index (χ4v) is 1.86. The van der Waals surface area contributed by atoms with E-state index in [0.717, 1.165) is 0 Å². The molecule has 0 aromatic rings. The Balaban J connectivity index is 4.62. The van der Waals surface area contributed by atoms with Gasteiger partial charge in [0, 0.05) is 0 Å². The Kier molecular flexibility index (Phi) is 11.1. The molecule has 0 unspecified atom stereocenters. The molecule has 3 amide bonds. The van der Waals surface area contributed by atoms with Gasteiger partial charge in [-0.3, -0.25) is 19.2 Å². The minimum absolute atomic E-state index is 0.0884. The van der Waals surface area contributed by atoms with Crippen molar-refractivity contribution in [3.8, 4) is 0 Å². The molecule has 0 aliphatic carbocycles. The Hall–Kier alpha value is -2.20. The number of hydrogen-bond acceptors (Lipinski definition) is 6. The summed E-state index contributed by atoms with van der Waals surface area (Å²) >= 11 is 0. The summed E-state index contributed by atoms with van der Waals surface area (Å²) in [5, 5.41) is 15.6. The van der Waals surface area contributed by atoms with Crippen LogP contribution in [0.5, 0.6) is 0 Å². The summed E-state index contributed by atoms with van der Waals surface area (Å²) in [5.74, 6) is -2.89. The van der Waals surface area contributed by atoms with Crippen LogP contribution in [0, 0.1) is 5.92 Å². The smallest absolute Gasteiger partial charge is 0.322 e. The van der Waals surface area contributed by atoms with Gasteiger partial charge >= 0.3 is 5.97 Å². The number of aliphatic carboxylic acids is 1. The lowest BCUT2D eigenvalue weighted by Gasteiger charge is -2.22. The predicted octanol–water partition coefficient (Wildman–Crippen LogP) is -2.10. The summed E-state index contributed by atoms with van der Waals surface area (Å²) in [4.78, 5) is 46.1. The van der Waals surface area contributed by atoms with E-state index in [1.54, 1.807) is 13.8 Å². The maximum atomic E-state index is 12.2. The van der Waals surface area contributed by atoms with Crippen LogP contribution in [-0.4, -0.2) is 60.5 Å². The van der Waals surface area contributed by atoms with Crippen LogP contribution < -0.4 is 27.4 Å². The van der Waals surface area contributed by atoms with Gasteiger partial charge in [0.05, 0.1) is 12.6 Å². The zero-order valence-corrected chi connectivity index (χ0v) is 14.7. The molecule has 0 spiro atoms. The Bertz CT molecular complexity index is 469. The molecule has 0 aliphatic rings. The first-order valence-electron chi connectivity index (χ1n) is 8.21. The van der Waals surface area contributed by atoms with Gasteiger partial charge in [0.15, 0.2) is 0 Å². The Labute approximate surface area is 147 Å². The molecule has 0 saturated carbocycles. The van der Waals surface area contributed by atoms with Gasteiger partial charge in [0.1, 0.15) is 12.6 Å². The predicted molar refractivity (Wildman–Crippen MR) is 91.3 cm³/mol. The number of carboxylic acid groups (broad SMARTS) is 1. The van der Waals surface area contributed by atoms with Crippen LogP contribution in [0.2, 0.25) is 0 Å². The Morgan fingerprint density at radius 3 is 2.16 bits per heavy atom. The summed E-state index contributed by atoms with van der Waals surface area (Å²) in [6.07, 6.45) is 1.67. The van der Waals surface area contributed by atoms with E-state index in [1.807, 2.05) is 0 Å². The molecule has 8 N–H and O–H groups in total. The maximum Gasteiger partial charge on any atom is 0.322 e. The van der Waals surface area contributed by atoms with Crippen LogP contribution in [-0.2, 0) is 19.2 Å². The molecule has 0 rings (SSSR count). The fourth-order valence-electron chi connectivity index (χ4n) is 1.86. The van der Waals surface area contributed by atoms with E-state index in [0.29, 0.717) is 25.8 Å². The highest BCUT2D eigenvalue weighted by Gasteiger charge is 2.25. The summed E-state index contributed by atoms with van der Waals surface area (Å²) in [6, 6.07) is -1.58. The quantitative estimate of drug-likeness (QED) is 0.216. The highest BCUT2D eigenvalue weighted by molar-refractivity contribution is 5.92. The summed E-state index contributed by atoms with van der Waals surface area (Å²) in [7, 11) is 0. The number of hydrogen-bond donors (Lipinski definition) is 6. The first-order valence-corrected chi connectivity index (χ1v) is 8.21. The molecule has 0 aliphatic heterocycles. The molecule has 144 valence electrons. The van der Waals surface area contributed by atoms with E-state index in [-0.39, 0.29) is 12.5 Å². The molecular weight excluding hydrogens is 330 g/mol. The van der Waals surface area contributed by atoms with Gasteiger partial charge < -0.3 is 32.5 Å². The number of carbonyl (C=O) groups excluding carboxylic acids is 3. The normalized spacial score (nSPS) is 13.0. The van der Waals surface area contributed by atoms with E-state index in [9.17, 15) is 19.2 Å². The number of rotatable bonds is 12. The van der Waals surface area contributed by atoms with Gasteiger partial charge in [-0.2, -0.15) is 0 Å². The molecule has 0 aromatic heterocycles. The molecule has 10 nitrogen and oxygen atoms in total. The maximum absolute atomic E-state index is 12.2. The largest absolute Gasteiger partial charge is 0.480 e. The minimum atomic E-state index is -1.19. The van der Waals surface area contributed by atoms with Gasteiger partial charge in [0.25, 0.3) is 0 Å². The molecular formula is C15H29N5O5. The van der Waals surface area contributed by atoms with Crippen molar-refractivity contribution in [1.29, 1.82) is 0 Å². The second-order valence-electron chi connectivity index (χ2n) is 6.00. The average Bonchev–Trinajstić information content (AvgIpc) is 2.55. The molecule has 0 aromatic carbocycles. The summed E-state index contributed by atoms with van der Waals surface area (Å²) < 4.78 is 0. The third kappa shape index (κ3) is 10.3. The number of carboxylic acids is 1. The molecule has 10 heteroatoms. The van der Waals surface area contributed by atoms with Gasteiger partial charge in [-0.05, 0) is 31.7 Å². The van der Waals surface area contributed by atoms with E-state index in [1.165, 1.54) is 0 Å². The van der Waals surface area contributed by atoms with Crippen molar-refractivity contribution in [3.63, 3.8) is 0 Å². The SMILES string of the molecule is CC(C)[C@H](N)C(=O)N[C@@H](CCCCN)C(=O)NCC(=O)NCC(=O)O. The first-order chi connectivity index (χ1) is 11.7. The Morgan fingerprint density at radius 2 is 1.64 bits per heavy atom. The van der Waals surface area contributed by atoms with Crippen molar-refractivity contribution in [1.82, 2.24) is 16.0 Å². The molecule has 0 heterocycles. The highest BCUT2D eigenvalue weighted by Crippen LogP contribution is 2.04. The van der Waals surface area contributed by atoms with E-state index in [4.69, 9.17) is 16.6 Å². The van der Waals surface area contributed by atoms with Crippen LogP contribution in [0.3, 0.4) is 0 Å². The van der Waals surface area contributed by atoms with Crippen LogP contribution in [0.1, 0.15) is 33.1 Å². The Morgan fingerprint density at radius 1 is 1.00 bits per heavy atom. The van der Waals surface area contributed by atoms with Crippen molar-refractivity contribution in [2.24, 2.45) is 17.4 Å². The van der Waals surface area contributed by atoms with Crippen molar-refractivity contribution in [2.45, 2.75) is 45.2 Å². The van der Waals surface area contributed by atoms with Crippen molar-refractivity contribution >= 4 is 23.7 Å². The average molecular weight is 359 g/mol. The number of nitrogens with two attached hydrogens (primary N) is 2. The monoisotopic (exact) mass is 359 g/mol. The molecule has 25 heavy (non-hydrogen) atoms. The summed E-state index contributed by atoms with van der Waals surface area (Å²) in [6.45, 7) is 3.13. The lowest BCUT2D eigenvalue weighted by molar-refractivity contribution is -0.138. The van der Waals surface area contributed by atoms with Gasteiger partial charge in [-0.25, -0.2) is 0 Å². The van der Waals surface area contributed by atoms with Gasteiger partial charge in [-0.15, -0.1) is 0 Å². The molecule has 0 radical (unpaired) electrons. The lowest BCUT2D eigenvalue weighted by Crippen LogP contribution is -2.53. The number of carbonyl (C=O) groups is 4. The standard InChI is InChI=1S/C15H29N5O5/c1-9(2)13(17)15(25)20-10(5-3-4-6-16)14(24)19-7-11(21)18-8-12(22)23/h9-10,13H,3-8,16-17H2,1-2H3,(H,18,21)(H,19,24)(H,20,25)(H,22,23)/t10-,13-/m0/s1. The topological polar surface area (TPSA) is 177 Å². The van der Waals surface area contributed by atoms with E-state index >= 15 is 0 Å². The van der Waals surface area contributed by atoms with Gasteiger partial charge in [0.2, 0.25) is 17.7 Å². The number of amides is 3. The number of unbranched alkanes of at least 4 members (excludes halogenated alkanes) is 1. The van der Waals surface area contributed by atoms with Crippen molar-refractivity contribution < 1.29 is 24.3 Å². The summed E-state index contributed by atoms with van der Waals surface area (Å²) in [5.41, 5.74) is 11.2. The van der Waals surface area contributed by atoms with Crippen molar-refractivity contribution in [2.75, 3.05) is 19.6 Å². The molecule has 0 saturated heterocycles. The molecule has 0 fully saturated rings. The van der Waals surface area contributed by atoms with Crippen LogP contribution in [0.25, 0.3) is 0 Å². The van der Waals surface area contributed by atoms with E-state index in [2.05, 4.69) is 16.0 Å². The second kappa shape index (κ2) is 12.2. The molecule has 0 bridgehead atoms. The fraction of sp³-hybridized carbons (Fsp3) is 0.733. The first kappa shape index (κ1) is 22.8. The van der Waals surface area contributed by atoms with Crippen molar-refractivity contribution in [3.05, 3.63) is 0 Å². The van der Waals surface area contributed by atoms with E-state index < -0.39 is 42.3 Å². The second-order valence-corrected chi connectivity index (χ2v) is 6.00. The zero-order valence-electron chi connectivity index (χ0n) is 14.7.